The van der Waals surface area contributed by atoms with E-state index in [4.69, 9.17) is 9.47 Å². The molecule has 3 fully saturated rings. The van der Waals surface area contributed by atoms with Crippen molar-refractivity contribution in [3.05, 3.63) is 35.4 Å². The second-order valence-electron chi connectivity index (χ2n) is 7.59. The maximum atomic E-state index is 13.7. The van der Waals surface area contributed by atoms with Gasteiger partial charge in [-0.3, -0.25) is 0 Å². The predicted molar refractivity (Wildman–Crippen MR) is 86.4 cm³/mol. The summed E-state index contributed by atoms with van der Waals surface area (Å²) in [4.78, 5) is 24.6. The van der Waals surface area contributed by atoms with Crippen LogP contribution in [0.15, 0.2) is 18.2 Å². The molecule has 4 rings (SSSR count). The molecule has 3 aliphatic rings. The number of carbonyl (C=O) groups is 2. The average Bonchev–Trinajstić information content (AvgIpc) is 2.93. The summed E-state index contributed by atoms with van der Waals surface area (Å²) in [6.45, 7) is 1.59. The molecule has 2 aliphatic heterocycles. The zero-order valence-corrected chi connectivity index (χ0v) is 14.2. The van der Waals surface area contributed by atoms with Gasteiger partial charge in [0.25, 0.3) is 0 Å². The summed E-state index contributed by atoms with van der Waals surface area (Å²) in [5.41, 5.74) is 0.660. The normalized spacial score (nSPS) is 23.8. The van der Waals surface area contributed by atoms with Crippen molar-refractivity contribution in [2.75, 3.05) is 26.3 Å². The van der Waals surface area contributed by atoms with Crippen LogP contribution < -0.4 is 5.32 Å². The number of likely N-dealkylation sites (tertiary alicyclic amines) is 1. The molecule has 8 heteroatoms. The molecule has 1 N–H and O–H groups in total. The van der Waals surface area contributed by atoms with Crippen LogP contribution >= 0.6 is 0 Å². The molecule has 1 aromatic rings. The van der Waals surface area contributed by atoms with Gasteiger partial charge in [-0.1, -0.05) is 6.07 Å². The number of amides is 2. The predicted octanol–water partition coefficient (Wildman–Crippen LogP) is 2.46. The van der Waals surface area contributed by atoms with Gasteiger partial charge < -0.3 is 19.7 Å². The van der Waals surface area contributed by atoms with Gasteiger partial charge in [0.1, 0.15) is 30.9 Å². The lowest BCUT2D eigenvalue weighted by atomic mass is 9.56. The van der Waals surface area contributed by atoms with Gasteiger partial charge in [0.05, 0.1) is 0 Å². The minimum Gasteiger partial charge on any atom is -0.447 e. The molecule has 0 bridgehead atoms. The van der Waals surface area contributed by atoms with Crippen LogP contribution in [0, 0.1) is 23.0 Å². The number of ether oxygens (including phenoxy) is 2. The number of rotatable bonds is 4. The highest BCUT2D eigenvalue weighted by atomic mass is 19.1. The van der Waals surface area contributed by atoms with Gasteiger partial charge in [-0.15, -0.1) is 0 Å². The van der Waals surface area contributed by atoms with Gasteiger partial charge in [-0.05, 0) is 36.8 Å². The van der Waals surface area contributed by atoms with E-state index in [1.807, 2.05) is 0 Å². The van der Waals surface area contributed by atoms with Crippen molar-refractivity contribution < 1.29 is 27.8 Å². The van der Waals surface area contributed by atoms with Crippen molar-refractivity contribution >= 4 is 12.2 Å². The number of hydrogen-bond donors (Lipinski definition) is 1. The molecule has 6 nitrogen and oxygen atoms in total. The fraction of sp³-hybridized carbons (Fsp3) is 0.556. The van der Waals surface area contributed by atoms with Crippen LogP contribution in [0.25, 0.3) is 0 Å². The summed E-state index contributed by atoms with van der Waals surface area (Å²) in [5, 5.41) is 2.55. The van der Waals surface area contributed by atoms with Crippen LogP contribution in [0.4, 0.5) is 18.4 Å². The van der Waals surface area contributed by atoms with Gasteiger partial charge in [0.15, 0.2) is 0 Å². The minimum atomic E-state index is -0.562. The van der Waals surface area contributed by atoms with Gasteiger partial charge >= 0.3 is 12.2 Å². The Morgan fingerprint density at radius 1 is 1.35 bits per heavy atom. The van der Waals surface area contributed by atoms with E-state index in [0.29, 0.717) is 31.0 Å². The summed E-state index contributed by atoms with van der Waals surface area (Å²) in [6.07, 6.45) is 1.58. The van der Waals surface area contributed by atoms with E-state index in [1.165, 1.54) is 12.1 Å². The second kappa shape index (κ2) is 6.41. The largest absolute Gasteiger partial charge is 0.447 e. The summed E-state index contributed by atoms with van der Waals surface area (Å²) in [5.74, 6) is -0.695. The first kappa shape index (κ1) is 17.1. The lowest BCUT2D eigenvalue weighted by Crippen LogP contribution is -2.64. The number of hydrogen-bond acceptors (Lipinski definition) is 4. The van der Waals surface area contributed by atoms with Crippen molar-refractivity contribution in [3.8, 4) is 0 Å². The Kier molecular flexibility index (Phi) is 4.20. The summed E-state index contributed by atoms with van der Waals surface area (Å²) < 4.78 is 36.6. The Morgan fingerprint density at radius 2 is 2.12 bits per heavy atom. The van der Waals surface area contributed by atoms with E-state index < -0.39 is 17.7 Å². The average molecular weight is 366 g/mol. The smallest absolute Gasteiger partial charge is 0.409 e. The molecule has 1 atom stereocenters. The number of nitrogens with zero attached hydrogens (tertiary/aromatic N) is 1. The molecular formula is C18H20F2N2O4. The number of nitrogens with one attached hydrogen (secondary N) is 1. The first-order chi connectivity index (χ1) is 12.4. The molecule has 1 saturated carbocycles. The maximum absolute atomic E-state index is 13.7. The number of cyclic esters (lactones) is 1. The molecule has 26 heavy (non-hydrogen) atoms. The maximum Gasteiger partial charge on any atom is 0.409 e. The van der Waals surface area contributed by atoms with E-state index in [9.17, 15) is 18.4 Å². The number of carbonyl (C=O) groups excluding carboxylic acids is 2. The zero-order chi connectivity index (χ0) is 18.3. The van der Waals surface area contributed by atoms with Gasteiger partial charge in [-0.25, -0.2) is 18.4 Å². The third kappa shape index (κ3) is 3.32. The summed E-state index contributed by atoms with van der Waals surface area (Å²) in [6, 6.07) is 3.42. The quantitative estimate of drug-likeness (QED) is 0.889. The van der Waals surface area contributed by atoms with Crippen LogP contribution in [-0.4, -0.2) is 49.4 Å². The van der Waals surface area contributed by atoms with Gasteiger partial charge in [-0.2, -0.15) is 0 Å². The lowest BCUT2D eigenvalue weighted by molar-refractivity contribution is -0.0849. The molecule has 0 radical (unpaired) electrons. The van der Waals surface area contributed by atoms with E-state index in [-0.39, 0.29) is 30.8 Å². The Labute approximate surface area is 149 Å². The van der Waals surface area contributed by atoms with E-state index in [0.717, 1.165) is 18.9 Å². The molecule has 2 amide bonds. The molecule has 2 saturated heterocycles. The van der Waals surface area contributed by atoms with E-state index >= 15 is 0 Å². The summed E-state index contributed by atoms with van der Waals surface area (Å²) >= 11 is 0. The molecule has 2 heterocycles. The van der Waals surface area contributed by atoms with Crippen molar-refractivity contribution in [3.63, 3.8) is 0 Å². The molecule has 0 unspecified atom stereocenters. The Morgan fingerprint density at radius 3 is 2.77 bits per heavy atom. The monoisotopic (exact) mass is 366 g/mol. The van der Waals surface area contributed by atoms with Crippen molar-refractivity contribution in [1.82, 2.24) is 10.2 Å². The highest BCUT2D eigenvalue weighted by Crippen LogP contribution is 2.53. The fourth-order valence-corrected chi connectivity index (χ4v) is 4.24. The minimum absolute atomic E-state index is 0.0978. The van der Waals surface area contributed by atoms with Crippen molar-refractivity contribution in [1.29, 1.82) is 0 Å². The van der Waals surface area contributed by atoms with Crippen LogP contribution in [0.2, 0.25) is 0 Å². The third-order valence-corrected chi connectivity index (χ3v) is 5.42. The number of alkyl carbamates (subject to hydrolysis) is 1. The number of benzene rings is 1. The lowest BCUT2D eigenvalue weighted by Gasteiger charge is -2.58. The Hall–Kier alpha value is -2.38. The third-order valence-electron chi connectivity index (χ3n) is 5.42. The van der Waals surface area contributed by atoms with E-state index in [2.05, 4.69) is 5.32 Å². The Bertz CT molecular complexity index is 728. The molecular weight excluding hydrogens is 346 g/mol. The highest BCUT2D eigenvalue weighted by Gasteiger charge is 2.53. The van der Waals surface area contributed by atoms with E-state index in [1.54, 1.807) is 4.90 Å². The van der Waals surface area contributed by atoms with Crippen LogP contribution in [0.3, 0.4) is 0 Å². The highest BCUT2D eigenvalue weighted by molar-refractivity contribution is 5.70. The van der Waals surface area contributed by atoms with Crippen LogP contribution in [0.1, 0.15) is 18.4 Å². The van der Waals surface area contributed by atoms with Crippen LogP contribution in [-0.2, 0) is 15.9 Å². The molecule has 140 valence electrons. The SMILES string of the molecule is O=C1N[C@@H](COC(=O)N2CC3(CC(Cc4ccc(F)cc4F)C3)C2)CO1. The standard InChI is InChI=1S/C18H20F2N2O4/c19-13-2-1-12(15(20)4-13)3-11-5-18(6-11)9-22(10-18)17(24)26-8-14-7-25-16(23)21-14/h1-2,4,11,14H,3,5-10H2,(H,21,23)/t14-/m1/s1. The summed E-state index contributed by atoms with van der Waals surface area (Å²) in [7, 11) is 0. The second-order valence-corrected chi connectivity index (χ2v) is 7.59. The van der Waals surface area contributed by atoms with Crippen LogP contribution in [0.5, 0.6) is 0 Å². The molecule has 0 aromatic heterocycles. The Balaban J connectivity index is 1.18. The molecule has 1 aromatic carbocycles. The zero-order valence-electron chi connectivity index (χ0n) is 14.2. The number of halogens is 2. The first-order valence-corrected chi connectivity index (χ1v) is 8.71. The molecule has 1 spiro atoms. The van der Waals surface area contributed by atoms with Crippen molar-refractivity contribution in [2.24, 2.45) is 11.3 Å². The topological polar surface area (TPSA) is 67.9 Å². The van der Waals surface area contributed by atoms with Gasteiger partial charge in [0.2, 0.25) is 0 Å². The first-order valence-electron chi connectivity index (χ1n) is 8.71. The fourth-order valence-electron chi connectivity index (χ4n) is 4.24. The molecule has 1 aliphatic carbocycles. The van der Waals surface area contributed by atoms with Crippen molar-refractivity contribution in [2.45, 2.75) is 25.3 Å². The van der Waals surface area contributed by atoms with Gasteiger partial charge in [0, 0.05) is 24.6 Å².